The number of benzene rings is 1. The van der Waals surface area contributed by atoms with Gasteiger partial charge >= 0.3 is 0 Å². The highest BCUT2D eigenvalue weighted by Crippen LogP contribution is 2.30. The first-order valence-corrected chi connectivity index (χ1v) is 9.48. The lowest BCUT2D eigenvalue weighted by atomic mass is 10.0. The SMILES string of the molecule is COC1(CNS(=O)(=O)Cc2cccc(Cl)c2)CCSC1. The zero-order valence-electron chi connectivity index (χ0n) is 11.3. The van der Waals surface area contributed by atoms with Crippen LogP contribution in [0.3, 0.4) is 0 Å². The van der Waals surface area contributed by atoms with Crippen LogP contribution in [0.5, 0.6) is 0 Å². The number of methoxy groups -OCH3 is 1. The zero-order chi connectivity index (χ0) is 14.6. The van der Waals surface area contributed by atoms with Gasteiger partial charge in [0.05, 0.1) is 11.4 Å². The van der Waals surface area contributed by atoms with Gasteiger partial charge in [0.25, 0.3) is 0 Å². The third-order valence-corrected chi connectivity index (χ3v) is 6.12. The number of thioether (sulfide) groups is 1. The Morgan fingerprint density at radius 2 is 2.30 bits per heavy atom. The van der Waals surface area contributed by atoms with E-state index < -0.39 is 10.0 Å². The van der Waals surface area contributed by atoms with Gasteiger partial charge in [0.2, 0.25) is 10.0 Å². The van der Waals surface area contributed by atoms with Gasteiger partial charge < -0.3 is 4.74 Å². The first-order valence-electron chi connectivity index (χ1n) is 6.29. The molecule has 20 heavy (non-hydrogen) atoms. The molecule has 0 bridgehead atoms. The largest absolute Gasteiger partial charge is 0.376 e. The summed E-state index contributed by atoms with van der Waals surface area (Å²) in [5.41, 5.74) is 0.309. The van der Waals surface area contributed by atoms with E-state index in [1.54, 1.807) is 43.1 Å². The van der Waals surface area contributed by atoms with Crippen molar-refractivity contribution in [1.82, 2.24) is 4.72 Å². The minimum atomic E-state index is -3.38. The van der Waals surface area contributed by atoms with Crippen molar-refractivity contribution in [3.8, 4) is 0 Å². The highest BCUT2D eigenvalue weighted by atomic mass is 35.5. The molecule has 1 unspecified atom stereocenters. The first-order chi connectivity index (χ1) is 9.45. The van der Waals surface area contributed by atoms with Gasteiger partial charge in [-0.1, -0.05) is 23.7 Å². The van der Waals surface area contributed by atoms with Crippen LogP contribution in [0.25, 0.3) is 0 Å². The molecule has 1 aromatic carbocycles. The smallest absolute Gasteiger partial charge is 0.215 e. The molecule has 0 radical (unpaired) electrons. The summed E-state index contributed by atoms with van der Waals surface area (Å²) >= 11 is 7.65. The number of sulfonamides is 1. The van der Waals surface area contributed by atoms with Gasteiger partial charge in [0.1, 0.15) is 0 Å². The molecule has 0 saturated carbocycles. The topological polar surface area (TPSA) is 55.4 Å². The highest BCUT2D eigenvalue weighted by Gasteiger charge is 2.35. The molecule has 1 atom stereocenters. The second kappa shape index (κ2) is 6.66. The van der Waals surface area contributed by atoms with Crippen molar-refractivity contribution >= 4 is 33.4 Å². The summed E-state index contributed by atoms with van der Waals surface area (Å²) in [4.78, 5) is 0. The lowest BCUT2D eigenvalue weighted by molar-refractivity contribution is 0.0179. The van der Waals surface area contributed by atoms with E-state index in [-0.39, 0.29) is 11.4 Å². The van der Waals surface area contributed by atoms with Gasteiger partial charge in [0, 0.05) is 24.4 Å². The zero-order valence-corrected chi connectivity index (χ0v) is 13.7. The van der Waals surface area contributed by atoms with Crippen molar-refractivity contribution in [2.45, 2.75) is 17.8 Å². The maximum absolute atomic E-state index is 12.1. The summed E-state index contributed by atoms with van der Waals surface area (Å²) in [6, 6.07) is 6.89. The van der Waals surface area contributed by atoms with E-state index in [1.807, 2.05) is 0 Å². The number of nitrogens with one attached hydrogen (secondary N) is 1. The minimum Gasteiger partial charge on any atom is -0.376 e. The molecule has 112 valence electrons. The Bertz CT molecular complexity index is 556. The molecule has 0 aliphatic carbocycles. The average Bonchev–Trinajstić information content (AvgIpc) is 2.86. The van der Waals surface area contributed by atoms with Gasteiger partial charge in [-0.05, 0) is 29.9 Å². The molecule has 1 aliphatic rings. The molecular weight excluding hydrogens is 318 g/mol. The van der Waals surface area contributed by atoms with Crippen molar-refractivity contribution in [2.75, 3.05) is 25.2 Å². The molecule has 1 fully saturated rings. The lowest BCUT2D eigenvalue weighted by Gasteiger charge is -2.26. The Balaban J connectivity index is 1.97. The molecule has 1 N–H and O–H groups in total. The van der Waals surface area contributed by atoms with Crippen LogP contribution in [0.15, 0.2) is 24.3 Å². The summed E-state index contributed by atoms with van der Waals surface area (Å²) in [7, 11) is -1.75. The van der Waals surface area contributed by atoms with Gasteiger partial charge in [-0.2, -0.15) is 11.8 Å². The van der Waals surface area contributed by atoms with Crippen molar-refractivity contribution in [1.29, 1.82) is 0 Å². The predicted octanol–water partition coefficient (Wildman–Crippen LogP) is 2.28. The van der Waals surface area contributed by atoms with Crippen molar-refractivity contribution in [3.05, 3.63) is 34.9 Å². The van der Waals surface area contributed by atoms with Crippen LogP contribution in [0.2, 0.25) is 5.02 Å². The fourth-order valence-corrected chi connectivity index (χ4v) is 4.91. The Morgan fingerprint density at radius 3 is 2.90 bits per heavy atom. The second-order valence-electron chi connectivity index (χ2n) is 4.90. The minimum absolute atomic E-state index is 0.0690. The fourth-order valence-electron chi connectivity index (χ4n) is 2.10. The molecule has 0 spiro atoms. The molecule has 0 amide bonds. The number of halogens is 1. The standard InChI is InChI=1S/C13H18ClNO3S2/c1-18-13(5-6-19-10-13)9-15-20(16,17)8-11-3-2-4-12(14)7-11/h2-4,7,15H,5-6,8-10H2,1H3. The van der Waals surface area contributed by atoms with Crippen LogP contribution >= 0.6 is 23.4 Å². The van der Waals surface area contributed by atoms with Crippen LogP contribution in [0.4, 0.5) is 0 Å². The van der Waals surface area contributed by atoms with Crippen molar-refractivity contribution in [2.24, 2.45) is 0 Å². The Kier molecular flexibility index (Phi) is 5.36. The monoisotopic (exact) mass is 335 g/mol. The number of hydrogen-bond acceptors (Lipinski definition) is 4. The molecule has 1 aromatic rings. The van der Waals surface area contributed by atoms with Crippen LogP contribution in [-0.4, -0.2) is 39.2 Å². The highest BCUT2D eigenvalue weighted by molar-refractivity contribution is 7.99. The Labute approximate surface area is 129 Å². The van der Waals surface area contributed by atoms with E-state index in [2.05, 4.69) is 4.72 Å². The van der Waals surface area contributed by atoms with E-state index in [9.17, 15) is 8.42 Å². The normalized spacial score (nSPS) is 23.1. The fraction of sp³-hybridized carbons (Fsp3) is 0.538. The first kappa shape index (κ1) is 16.1. The summed E-state index contributed by atoms with van der Waals surface area (Å²) in [5.74, 6) is 1.76. The van der Waals surface area contributed by atoms with Crippen molar-refractivity contribution in [3.63, 3.8) is 0 Å². The third kappa shape index (κ3) is 4.36. The van der Waals surface area contributed by atoms with E-state index in [0.29, 0.717) is 17.1 Å². The van der Waals surface area contributed by atoms with Crippen LogP contribution in [0, 0.1) is 0 Å². The number of ether oxygens (including phenoxy) is 1. The van der Waals surface area contributed by atoms with E-state index >= 15 is 0 Å². The summed E-state index contributed by atoms with van der Waals surface area (Å²) in [6.07, 6.45) is 0.869. The summed E-state index contributed by atoms with van der Waals surface area (Å²) in [5, 5.41) is 0.540. The summed E-state index contributed by atoms with van der Waals surface area (Å²) < 4.78 is 32.4. The molecule has 2 rings (SSSR count). The number of hydrogen-bond donors (Lipinski definition) is 1. The van der Waals surface area contributed by atoms with E-state index in [1.165, 1.54) is 0 Å². The average molecular weight is 336 g/mol. The molecule has 7 heteroatoms. The molecular formula is C13H18ClNO3S2. The van der Waals surface area contributed by atoms with Crippen molar-refractivity contribution < 1.29 is 13.2 Å². The molecule has 1 aliphatic heterocycles. The quantitative estimate of drug-likeness (QED) is 0.866. The molecule has 1 saturated heterocycles. The van der Waals surface area contributed by atoms with Crippen LogP contribution < -0.4 is 4.72 Å². The van der Waals surface area contributed by atoms with Gasteiger partial charge in [-0.15, -0.1) is 0 Å². The van der Waals surface area contributed by atoms with Crippen LogP contribution in [-0.2, 0) is 20.5 Å². The van der Waals surface area contributed by atoms with E-state index in [0.717, 1.165) is 17.9 Å². The maximum Gasteiger partial charge on any atom is 0.215 e. The Morgan fingerprint density at radius 1 is 1.50 bits per heavy atom. The lowest BCUT2D eigenvalue weighted by Crippen LogP contribution is -2.44. The van der Waals surface area contributed by atoms with Gasteiger partial charge in [-0.3, -0.25) is 0 Å². The Hall–Kier alpha value is -0.270. The second-order valence-corrected chi connectivity index (χ2v) is 8.25. The third-order valence-electron chi connectivity index (χ3n) is 3.36. The maximum atomic E-state index is 12.1. The predicted molar refractivity (Wildman–Crippen MR) is 83.8 cm³/mol. The van der Waals surface area contributed by atoms with Gasteiger partial charge in [-0.25, -0.2) is 13.1 Å². The van der Waals surface area contributed by atoms with Gasteiger partial charge in [0.15, 0.2) is 0 Å². The summed E-state index contributed by atoms with van der Waals surface area (Å²) in [6.45, 7) is 0.319. The number of rotatable bonds is 6. The van der Waals surface area contributed by atoms with E-state index in [4.69, 9.17) is 16.3 Å². The van der Waals surface area contributed by atoms with Crippen LogP contribution in [0.1, 0.15) is 12.0 Å². The molecule has 4 nitrogen and oxygen atoms in total. The molecule has 1 heterocycles. The molecule has 0 aromatic heterocycles.